The van der Waals surface area contributed by atoms with Crippen molar-refractivity contribution >= 4 is 6.09 Å². The van der Waals surface area contributed by atoms with Crippen molar-refractivity contribution < 1.29 is 9.53 Å². The smallest absolute Gasteiger partial charge is 0.410 e. The first-order chi connectivity index (χ1) is 8.07. The molecule has 0 aliphatic carbocycles. The summed E-state index contributed by atoms with van der Waals surface area (Å²) < 4.78 is 5.61. The third-order valence-electron chi connectivity index (χ3n) is 3.72. The Morgan fingerprint density at radius 1 is 1.35 bits per heavy atom. The molecule has 98 valence electrons. The summed E-state index contributed by atoms with van der Waals surface area (Å²) in [5.74, 6) is 0.690. The van der Waals surface area contributed by atoms with Gasteiger partial charge in [0.15, 0.2) is 0 Å². The molecule has 0 saturated carbocycles. The van der Waals surface area contributed by atoms with Gasteiger partial charge in [0.05, 0.1) is 0 Å². The molecule has 2 aliphatic rings. The van der Waals surface area contributed by atoms with Crippen LogP contribution in [-0.4, -0.2) is 42.8 Å². The summed E-state index contributed by atoms with van der Waals surface area (Å²) in [5.41, 5.74) is -0.325. The zero-order valence-electron chi connectivity index (χ0n) is 11.0. The van der Waals surface area contributed by atoms with Crippen LogP contribution in [0.3, 0.4) is 0 Å². The highest BCUT2D eigenvalue weighted by Gasteiger charge is 2.31. The lowest BCUT2D eigenvalue weighted by Crippen LogP contribution is -2.46. The molecule has 2 fully saturated rings. The topological polar surface area (TPSA) is 41.6 Å². The van der Waals surface area contributed by atoms with Crippen molar-refractivity contribution in [2.24, 2.45) is 5.92 Å². The van der Waals surface area contributed by atoms with Gasteiger partial charge in [0.2, 0.25) is 0 Å². The molecule has 0 unspecified atom stereocenters. The van der Waals surface area contributed by atoms with Crippen molar-refractivity contribution in [3.63, 3.8) is 0 Å². The summed E-state index contributed by atoms with van der Waals surface area (Å²) in [6.45, 7) is 7.99. The number of nitrogens with one attached hydrogen (secondary N) is 1. The highest BCUT2D eigenvalue weighted by atomic mass is 16.6. The molecule has 1 amide bonds. The van der Waals surface area contributed by atoms with Gasteiger partial charge in [-0.05, 0) is 58.5 Å². The van der Waals surface area contributed by atoms with Crippen LogP contribution in [0.15, 0.2) is 0 Å². The number of piperidine rings is 1. The van der Waals surface area contributed by atoms with Crippen LogP contribution in [-0.2, 0) is 4.74 Å². The van der Waals surface area contributed by atoms with Crippen molar-refractivity contribution in [3.05, 3.63) is 0 Å². The predicted octanol–water partition coefficient (Wildman–Crippen LogP) is 2.00. The molecule has 0 radical (unpaired) electrons. The monoisotopic (exact) mass is 240 g/mol. The number of ether oxygens (including phenoxy) is 1. The number of rotatable bonds is 3. The maximum absolute atomic E-state index is 11.8. The second-order valence-electron chi connectivity index (χ2n) is 5.87. The number of hydrogen-bond acceptors (Lipinski definition) is 3. The second-order valence-corrected chi connectivity index (χ2v) is 5.87. The third kappa shape index (κ3) is 3.60. The van der Waals surface area contributed by atoms with E-state index in [1.54, 1.807) is 4.90 Å². The summed E-state index contributed by atoms with van der Waals surface area (Å²) >= 11 is 0. The second kappa shape index (κ2) is 5.25. The Morgan fingerprint density at radius 3 is 2.53 bits per heavy atom. The van der Waals surface area contributed by atoms with Crippen LogP contribution in [0.4, 0.5) is 4.79 Å². The molecule has 4 nitrogen and oxygen atoms in total. The average Bonchev–Trinajstić information content (AvgIpc) is 2.13. The first kappa shape index (κ1) is 12.7. The molecule has 2 aliphatic heterocycles. The fourth-order valence-electron chi connectivity index (χ4n) is 2.62. The SMILES string of the molecule is CC(C)(CC1CCNCC1)OC(=O)N1CCC1. The van der Waals surface area contributed by atoms with E-state index in [9.17, 15) is 4.79 Å². The molecule has 0 aromatic carbocycles. The van der Waals surface area contributed by atoms with E-state index in [0.29, 0.717) is 5.92 Å². The molecule has 0 atom stereocenters. The van der Waals surface area contributed by atoms with Gasteiger partial charge in [-0.25, -0.2) is 4.79 Å². The van der Waals surface area contributed by atoms with Crippen molar-refractivity contribution in [2.45, 2.75) is 45.1 Å². The third-order valence-corrected chi connectivity index (χ3v) is 3.72. The highest BCUT2D eigenvalue weighted by Crippen LogP contribution is 2.27. The van der Waals surface area contributed by atoms with Crippen molar-refractivity contribution in [3.8, 4) is 0 Å². The standard InChI is InChI=1S/C13H24N2O2/c1-13(2,10-11-4-6-14-7-5-11)17-12(16)15-8-3-9-15/h11,14H,3-10H2,1-2H3. The van der Waals surface area contributed by atoms with Crippen molar-refractivity contribution in [1.82, 2.24) is 10.2 Å². The molecule has 0 aromatic heterocycles. The molecule has 0 spiro atoms. The van der Waals surface area contributed by atoms with Crippen molar-refractivity contribution in [1.29, 1.82) is 0 Å². The molecular weight excluding hydrogens is 216 g/mol. The van der Waals surface area contributed by atoms with Gasteiger partial charge in [0.1, 0.15) is 5.60 Å². The number of likely N-dealkylation sites (tertiary alicyclic amines) is 1. The summed E-state index contributed by atoms with van der Waals surface area (Å²) in [6, 6.07) is 0. The Morgan fingerprint density at radius 2 is 2.00 bits per heavy atom. The van der Waals surface area contributed by atoms with E-state index in [4.69, 9.17) is 4.74 Å². The van der Waals surface area contributed by atoms with Crippen LogP contribution in [0.5, 0.6) is 0 Å². The van der Waals surface area contributed by atoms with Gasteiger partial charge in [-0.3, -0.25) is 0 Å². The van der Waals surface area contributed by atoms with Crippen LogP contribution < -0.4 is 5.32 Å². The lowest BCUT2D eigenvalue weighted by atomic mass is 9.87. The van der Waals surface area contributed by atoms with E-state index < -0.39 is 0 Å². The van der Waals surface area contributed by atoms with Crippen LogP contribution in [0.2, 0.25) is 0 Å². The molecule has 17 heavy (non-hydrogen) atoms. The number of carbonyl (C=O) groups is 1. The number of carbonyl (C=O) groups excluding carboxylic acids is 1. The minimum Gasteiger partial charge on any atom is -0.443 e. The molecule has 2 rings (SSSR count). The molecule has 1 N–H and O–H groups in total. The quantitative estimate of drug-likeness (QED) is 0.820. The summed E-state index contributed by atoms with van der Waals surface area (Å²) in [5, 5.41) is 3.36. The van der Waals surface area contributed by atoms with Gasteiger partial charge in [0.25, 0.3) is 0 Å². The van der Waals surface area contributed by atoms with E-state index >= 15 is 0 Å². The molecule has 0 bridgehead atoms. The summed E-state index contributed by atoms with van der Waals surface area (Å²) in [6.07, 6.45) is 4.36. The first-order valence-electron chi connectivity index (χ1n) is 6.75. The molecule has 4 heteroatoms. The van der Waals surface area contributed by atoms with Crippen LogP contribution in [0, 0.1) is 5.92 Å². The number of hydrogen-bond donors (Lipinski definition) is 1. The van der Waals surface area contributed by atoms with E-state index in [2.05, 4.69) is 5.32 Å². The van der Waals surface area contributed by atoms with Crippen LogP contribution in [0.1, 0.15) is 39.5 Å². The Bertz CT molecular complexity index is 269. The predicted molar refractivity (Wildman–Crippen MR) is 67.0 cm³/mol. The first-order valence-corrected chi connectivity index (χ1v) is 6.75. The summed E-state index contributed by atoms with van der Waals surface area (Å²) in [7, 11) is 0. The fourth-order valence-corrected chi connectivity index (χ4v) is 2.62. The zero-order chi connectivity index (χ0) is 12.3. The highest BCUT2D eigenvalue weighted by molar-refractivity contribution is 5.68. The minimum atomic E-state index is -0.325. The Kier molecular flexibility index (Phi) is 3.92. The molecule has 0 aromatic rings. The molecule has 2 heterocycles. The average molecular weight is 240 g/mol. The Hall–Kier alpha value is -0.770. The van der Waals surface area contributed by atoms with Gasteiger partial charge in [-0.2, -0.15) is 0 Å². The Balaban J connectivity index is 1.77. The largest absolute Gasteiger partial charge is 0.443 e. The number of nitrogens with zero attached hydrogens (tertiary/aromatic N) is 1. The minimum absolute atomic E-state index is 0.129. The zero-order valence-corrected chi connectivity index (χ0v) is 11.0. The van der Waals surface area contributed by atoms with E-state index in [0.717, 1.165) is 39.0 Å². The lowest BCUT2D eigenvalue weighted by molar-refractivity contribution is -0.0126. The lowest BCUT2D eigenvalue weighted by Gasteiger charge is -2.36. The van der Waals surface area contributed by atoms with Gasteiger partial charge >= 0.3 is 6.09 Å². The maximum Gasteiger partial charge on any atom is 0.410 e. The fraction of sp³-hybridized carbons (Fsp3) is 0.923. The van der Waals surface area contributed by atoms with E-state index in [-0.39, 0.29) is 11.7 Å². The van der Waals surface area contributed by atoms with E-state index in [1.165, 1.54) is 12.8 Å². The van der Waals surface area contributed by atoms with Crippen LogP contribution in [0.25, 0.3) is 0 Å². The Labute approximate surface area is 104 Å². The van der Waals surface area contributed by atoms with Gasteiger partial charge < -0.3 is 15.0 Å². The van der Waals surface area contributed by atoms with Gasteiger partial charge in [-0.1, -0.05) is 0 Å². The van der Waals surface area contributed by atoms with Crippen LogP contribution >= 0.6 is 0 Å². The molecule has 2 saturated heterocycles. The number of amides is 1. The molecular formula is C13H24N2O2. The normalized spacial score (nSPS) is 22.1. The van der Waals surface area contributed by atoms with Gasteiger partial charge in [-0.15, -0.1) is 0 Å². The van der Waals surface area contributed by atoms with Gasteiger partial charge in [0, 0.05) is 13.1 Å². The van der Waals surface area contributed by atoms with E-state index in [1.807, 2.05) is 13.8 Å². The maximum atomic E-state index is 11.8. The summed E-state index contributed by atoms with van der Waals surface area (Å²) in [4.78, 5) is 13.6. The van der Waals surface area contributed by atoms with Crippen molar-refractivity contribution in [2.75, 3.05) is 26.2 Å².